The fourth-order valence-corrected chi connectivity index (χ4v) is 3.58. The second-order valence-corrected chi connectivity index (χ2v) is 6.80. The van der Waals surface area contributed by atoms with Crippen molar-refractivity contribution in [1.29, 1.82) is 0 Å². The lowest BCUT2D eigenvalue weighted by Gasteiger charge is -2.19. The zero-order chi connectivity index (χ0) is 18.7. The first-order valence-corrected chi connectivity index (χ1v) is 8.67. The van der Waals surface area contributed by atoms with Crippen molar-refractivity contribution in [1.82, 2.24) is 24.8 Å². The summed E-state index contributed by atoms with van der Waals surface area (Å²) in [5, 5.41) is 3.08. The van der Waals surface area contributed by atoms with E-state index in [-0.39, 0.29) is 24.5 Å². The SMILES string of the molecule is COCC(=O)N[C@@H]1CN(Cc2c(C)ccnc2N)C[C@H]1c1nccn1C. The van der Waals surface area contributed by atoms with Crippen LogP contribution in [0.25, 0.3) is 0 Å². The quantitative estimate of drug-likeness (QED) is 0.777. The van der Waals surface area contributed by atoms with Crippen LogP contribution in [0.2, 0.25) is 0 Å². The van der Waals surface area contributed by atoms with Gasteiger partial charge in [0.25, 0.3) is 0 Å². The number of amides is 1. The molecule has 3 heterocycles. The minimum absolute atomic E-state index is 0.0306. The number of nitrogens with zero attached hydrogens (tertiary/aromatic N) is 4. The van der Waals surface area contributed by atoms with Gasteiger partial charge >= 0.3 is 0 Å². The van der Waals surface area contributed by atoms with E-state index >= 15 is 0 Å². The molecule has 0 aliphatic carbocycles. The average Bonchev–Trinajstić information content (AvgIpc) is 3.17. The van der Waals surface area contributed by atoms with Crippen LogP contribution in [0.5, 0.6) is 0 Å². The second kappa shape index (κ2) is 7.84. The van der Waals surface area contributed by atoms with Gasteiger partial charge in [-0.15, -0.1) is 0 Å². The summed E-state index contributed by atoms with van der Waals surface area (Å²) in [5.41, 5.74) is 8.23. The predicted octanol–water partition coefficient (Wildman–Crippen LogP) is 0.436. The number of aromatic nitrogens is 3. The van der Waals surface area contributed by atoms with Gasteiger partial charge < -0.3 is 20.4 Å². The Bertz CT molecular complexity index is 755. The zero-order valence-corrected chi connectivity index (χ0v) is 15.5. The first kappa shape index (κ1) is 18.3. The number of pyridine rings is 1. The first-order valence-electron chi connectivity index (χ1n) is 8.67. The van der Waals surface area contributed by atoms with Gasteiger partial charge in [0.1, 0.15) is 18.2 Å². The standard InChI is InChI=1S/C18H26N6O2/c1-12-4-5-20-17(19)13(12)8-24-9-14(18-21-6-7-23(18)2)15(10-24)22-16(25)11-26-3/h4-7,14-15H,8-11H2,1-3H3,(H2,19,20)(H,22,25)/t14-,15-/m1/s1. The Kier molecular flexibility index (Phi) is 5.53. The fraction of sp³-hybridized carbons (Fsp3) is 0.500. The number of rotatable bonds is 6. The van der Waals surface area contributed by atoms with Gasteiger partial charge in [0.2, 0.25) is 5.91 Å². The number of nitrogens with one attached hydrogen (secondary N) is 1. The molecule has 1 saturated heterocycles. The van der Waals surface area contributed by atoms with Crippen LogP contribution in [0.1, 0.15) is 22.9 Å². The van der Waals surface area contributed by atoms with Crippen molar-refractivity contribution in [3.05, 3.63) is 41.6 Å². The lowest BCUT2D eigenvalue weighted by molar-refractivity contribution is -0.125. The summed E-state index contributed by atoms with van der Waals surface area (Å²) >= 11 is 0. The van der Waals surface area contributed by atoms with Crippen molar-refractivity contribution in [3.8, 4) is 0 Å². The molecule has 140 valence electrons. The minimum Gasteiger partial charge on any atom is -0.383 e. The van der Waals surface area contributed by atoms with Crippen molar-refractivity contribution >= 4 is 11.7 Å². The molecule has 8 heteroatoms. The van der Waals surface area contributed by atoms with Crippen molar-refractivity contribution in [2.75, 3.05) is 32.5 Å². The number of nitrogen functional groups attached to an aromatic ring is 1. The minimum atomic E-state index is -0.115. The summed E-state index contributed by atoms with van der Waals surface area (Å²) in [6.45, 7) is 4.30. The number of carbonyl (C=O) groups excluding carboxylic acids is 1. The molecule has 0 spiro atoms. The molecule has 2 atom stereocenters. The number of nitrogens with two attached hydrogens (primary N) is 1. The largest absolute Gasteiger partial charge is 0.383 e. The predicted molar refractivity (Wildman–Crippen MR) is 98.4 cm³/mol. The molecule has 0 aromatic carbocycles. The number of hydrogen-bond donors (Lipinski definition) is 2. The highest BCUT2D eigenvalue weighted by molar-refractivity contribution is 5.77. The van der Waals surface area contributed by atoms with E-state index in [1.165, 1.54) is 7.11 Å². The Labute approximate surface area is 153 Å². The number of ether oxygens (including phenoxy) is 1. The van der Waals surface area contributed by atoms with E-state index in [4.69, 9.17) is 10.5 Å². The molecule has 26 heavy (non-hydrogen) atoms. The Balaban J connectivity index is 1.79. The van der Waals surface area contributed by atoms with Crippen LogP contribution < -0.4 is 11.1 Å². The lowest BCUT2D eigenvalue weighted by atomic mass is 10.0. The Hall–Kier alpha value is -2.45. The smallest absolute Gasteiger partial charge is 0.246 e. The Morgan fingerprint density at radius 3 is 2.85 bits per heavy atom. The number of methoxy groups -OCH3 is 1. The number of hydrogen-bond acceptors (Lipinski definition) is 6. The molecule has 0 bridgehead atoms. The van der Waals surface area contributed by atoms with E-state index in [0.29, 0.717) is 12.4 Å². The summed E-state index contributed by atoms with van der Waals surface area (Å²) < 4.78 is 6.95. The van der Waals surface area contributed by atoms with E-state index in [9.17, 15) is 4.79 Å². The molecular formula is C18H26N6O2. The molecule has 1 amide bonds. The number of aryl methyl sites for hydroxylation is 2. The number of likely N-dealkylation sites (tertiary alicyclic amines) is 1. The van der Waals surface area contributed by atoms with Crippen molar-refractivity contribution in [3.63, 3.8) is 0 Å². The van der Waals surface area contributed by atoms with Gasteiger partial charge in [-0.3, -0.25) is 9.69 Å². The van der Waals surface area contributed by atoms with Gasteiger partial charge in [0.15, 0.2) is 0 Å². The maximum atomic E-state index is 12.1. The second-order valence-electron chi connectivity index (χ2n) is 6.80. The zero-order valence-electron chi connectivity index (χ0n) is 15.5. The molecule has 2 aromatic rings. The van der Waals surface area contributed by atoms with Gasteiger partial charge in [-0.25, -0.2) is 9.97 Å². The highest BCUT2D eigenvalue weighted by atomic mass is 16.5. The lowest BCUT2D eigenvalue weighted by Crippen LogP contribution is -2.42. The summed E-state index contributed by atoms with van der Waals surface area (Å²) in [6.07, 6.45) is 5.44. The van der Waals surface area contributed by atoms with E-state index in [1.54, 1.807) is 12.4 Å². The van der Waals surface area contributed by atoms with Crippen LogP contribution in [0, 0.1) is 6.92 Å². The average molecular weight is 358 g/mol. The monoisotopic (exact) mass is 358 g/mol. The topological polar surface area (TPSA) is 98.3 Å². The van der Waals surface area contributed by atoms with Crippen LogP contribution in [0.15, 0.2) is 24.7 Å². The molecule has 0 radical (unpaired) electrons. The molecule has 8 nitrogen and oxygen atoms in total. The van der Waals surface area contributed by atoms with Crippen molar-refractivity contribution in [2.24, 2.45) is 7.05 Å². The Morgan fingerprint density at radius 1 is 1.38 bits per heavy atom. The molecule has 2 aromatic heterocycles. The molecule has 0 unspecified atom stereocenters. The van der Waals surface area contributed by atoms with Crippen LogP contribution in [0.4, 0.5) is 5.82 Å². The number of imidazole rings is 1. The molecule has 3 N–H and O–H groups in total. The van der Waals surface area contributed by atoms with Gasteiger partial charge in [0, 0.05) is 57.9 Å². The number of anilines is 1. The van der Waals surface area contributed by atoms with Crippen LogP contribution in [-0.2, 0) is 23.1 Å². The maximum Gasteiger partial charge on any atom is 0.246 e. The van der Waals surface area contributed by atoms with Crippen LogP contribution in [-0.4, -0.2) is 58.2 Å². The van der Waals surface area contributed by atoms with Gasteiger partial charge in [-0.2, -0.15) is 0 Å². The summed E-state index contributed by atoms with van der Waals surface area (Å²) in [7, 11) is 3.49. The van der Waals surface area contributed by atoms with E-state index < -0.39 is 0 Å². The van der Waals surface area contributed by atoms with Crippen LogP contribution in [0.3, 0.4) is 0 Å². The Morgan fingerprint density at radius 2 is 2.19 bits per heavy atom. The molecule has 1 fully saturated rings. The van der Waals surface area contributed by atoms with Crippen molar-refractivity contribution in [2.45, 2.75) is 25.4 Å². The highest BCUT2D eigenvalue weighted by Crippen LogP contribution is 2.29. The number of carbonyl (C=O) groups is 1. The third kappa shape index (κ3) is 3.86. The highest BCUT2D eigenvalue weighted by Gasteiger charge is 2.37. The molecule has 3 rings (SSSR count). The summed E-state index contributed by atoms with van der Waals surface area (Å²) in [5.74, 6) is 1.51. The van der Waals surface area contributed by atoms with E-state index in [2.05, 4.69) is 20.2 Å². The normalized spacial score (nSPS) is 20.4. The molecule has 0 saturated carbocycles. The van der Waals surface area contributed by atoms with E-state index in [1.807, 2.05) is 30.8 Å². The third-order valence-corrected chi connectivity index (χ3v) is 4.91. The van der Waals surface area contributed by atoms with Crippen LogP contribution >= 0.6 is 0 Å². The summed E-state index contributed by atoms with van der Waals surface area (Å²) in [6, 6.07) is 1.94. The van der Waals surface area contributed by atoms with Gasteiger partial charge in [-0.05, 0) is 18.6 Å². The van der Waals surface area contributed by atoms with E-state index in [0.717, 1.165) is 30.0 Å². The fourth-order valence-electron chi connectivity index (χ4n) is 3.58. The molecule has 1 aliphatic rings. The van der Waals surface area contributed by atoms with Gasteiger partial charge in [-0.1, -0.05) is 0 Å². The first-order chi connectivity index (χ1) is 12.5. The maximum absolute atomic E-state index is 12.1. The van der Waals surface area contributed by atoms with Crippen molar-refractivity contribution < 1.29 is 9.53 Å². The molecular weight excluding hydrogens is 332 g/mol. The van der Waals surface area contributed by atoms with Gasteiger partial charge in [0.05, 0.1) is 12.0 Å². The third-order valence-electron chi connectivity index (χ3n) is 4.91. The molecule has 1 aliphatic heterocycles. The summed E-state index contributed by atoms with van der Waals surface area (Å²) in [4.78, 5) is 23.0.